The first-order valence-electron chi connectivity index (χ1n) is 9.59. The zero-order chi connectivity index (χ0) is 25.2. The fourth-order valence-electron chi connectivity index (χ4n) is 3.07. The molecule has 1 unspecified atom stereocenters. The maximum atomic E-state index is 14.0. The molecule has 0 aliphatic carbocycles. The number of alkyl halides is 3. The predicted molar refractivity (Wildman–Crippen MR) is 126 cm³/mol. The molecule has 0 radical (unpaired) electrons. The van der Waals surface area contributed by atoms with Gasteiger partial charge >= 0.3 is 6.18 Å². The van der Waals surface area contributed by atoms with Crippen LogP contribution in [0.25, 0.3) is 11.1 Å². The van der Waals surface area contributed by atoms with Gasteiger partial charge in [0.2, 0.25) is 10.0 Å². The Morgan fingerprint density at radius 1 is 1.15 bits per heavy atom. The molecule has 2 aromatic rings. The number of halogens is 4. The average Bonchev–Trinajstić information content (AvgIpc) is 2.65. The maximum absolute atomic E-state index is 14.0. The van der Waals surface area contributed by atoms with E-state index < -0.39 is 32.8 Å². The average molecular weight is 521 g/mol. The second-order valence-electron chi connectivity index (χ2n) is 8.23. The Kier molecular flexibility index (Phi) is 8.23. The molecule has 2 aromatic carbocycles. The third kappa shape index (κ3) is 6.93. The Morgan fingerprint density at radius 2 is 1.79 bits per heavy atom. The molecule has 12 heteroatoms. The molecular formula is C21H24ClF3N4O2S2. The summed E-state index contributed by atoms with van der Waals surface area (Å²) in [4.78, 5) is -0.137. The summed E-state index contributed by atoms with van der Waals surface area (Å²) < 4.78 is 70.3. The second kappa shape index (κ2) is 10.0. The molecule has 2 rings (SSSR count). The molecule has 0 saturated heterocycles. The van der Waals surface area contributed by atoms with Crippen LogP contribution in [-0.2, 0) is 16.2 Å². The number of benzene rings is 2. The molecule has 33 heavy (non-hydrogen) atoms. The number of nitrogens with one attached hydrogen (secondary N) is 3. The fraction of sp³-hybridized carbons (Fsp3) is 0.381. The number of nitriles is 1. The molecule has 180 valence electrons. The maximum Gasteiger partial charge on any atom is 0.417 e. The molecule has 0 aromatic heterocycles. The topological polar surface area (TPSA) is 94.0 Å². The third-order valence-corrected chi connectivity index (χ3v) is 7.24. The number of anilines is 1. The van der Waals surface area contributed by atoms with E-state index in [2.05, 4.69) is 15.4 Å². The van der Waals surface area contributed by atoms with Crippen LogP contribution >= 0.6 is 23.4 Å². The van der Waals surface area contributed by atoms with Crippen molar-refractivity contribution < 1.29 is 21.6 Å². The van der Waals surface area contributed by atoms with Gasteiger partial charge in [-0.2, -0.15) is 18.4 Å². The number of hydrogen-bond acceptors (Lipinski definition) is 6. The lowest BCUT2D eigenvalue weighted by Gasteiger charge is -2.23. The summed E-state index contributed by atoms with van der Waals surface area (Å²) in [6, 6.07) is 6.21. The number of thioether (sulfide) groups is 1. The van der Waals surface area contributed by atoms with Gasteiger partial charge in [0.15, 0.2) is 11.7 Å². The normalized spacial score (nSPS) is 13.3. The Morgan fingerprint density at radius 3 is 2.30 bits per heavy atom. The highest BCUT2D eigenvalue weighted by atomic mass is 35.5. The van der Waals surface area contributed by atoms with Gasteiger partial charge in [-0.3, -0.25) is 5.32 Å². The molecule has 6 nitrogen and oxygen atoms in total. The second-order valence-corrected chi connectivity index (χ2v) is 11.2. The Hall–Kier alpha value is -2.13. The Balaban J connectivity index is 2.69. The number of rotatable bonds is 7. The van der Waals surface area contributed by atoms with Crippen LogP contribution < -0.4 is 15.4 Å². The quantitative estimate of drug-likeness (QED) is 0.252. The SMILES string of the molecule is CSC(NC#N)Nc1cc(Cl)c(-c2ccc(C)c(S(=O)(=O)NC(C)(C)C)c2)c(C(F)(F)F)c1. The van der Waals surface area contributed by atoms with E-state index in [1.807, 2.05) is 0 Å². The Bertz CT molecular complexity index is 1170. The van der Waals surface area contributed by atoms with Crippen molar-refractivity contribution in [2.75, 3.05) is 11.6 Å². The molecule has 0 fully saturated rings. The first kappa shape index (κ1) is 27.1. The monoisotopic (exact) mass is 520 g/mol. The zero-order valence-corrected chi connectivity index (χ0v) is 20.9. The minimum atomic E-state index is -4.78. The highest BCUT2D eigenvalue weighted by Gasteiger charge is 2.36. The van der Waals surface area contributed by atoms with Crippen LogP contribution in [0.15, 0.2) is 35.2 Å². The number of nitrogens with zero attached hydrogens (tertiary/aromatic N) is 1. The van der Waals surface area contributed by atoms with Crippen molar-refractivity contribution in [1.82, 2.24) is 10.0 Å². The van der Waals surface area contributed by atoms with Crippen molar-refractivity contribution in [3.63, 3.8) is 0 Å². The van der Waals surface area contributed by atoms with E-state index in [1.54, 1.807) is 40.1 Å². The first-order chi connectivity index (χ1) is 15.1. The van der Waals surface area contributed by atoms with E-state index in [0.717, 1.165) is 6.07 Å². The molecule has 0 heterocycles. The van der Waals surface area contributed by atoms with E-state index >= 15 is 0 Å². The molecule has 0 aliphatic heterocycles. The molecule has 0 aliphatic rings. The van der Waals surface area contributed by atoms with Gasteiger partial charge in [-0.25, -0.2) is 13.1 Å². The lowest BCUT2D eigenvalue weighted by atomic mass is 9.97. The van der Waals surface area contributed by atoms with Gasteiger partial charge in [0.25, 0.3) is 0 Å². The highest BCUT2D eigenvalue weighted by Crippen LogP contribution is 2.43. The lowest BCUT2D eigenvalue weighted by Crippen LogP contribution is -2.40. The van der Waals surface area contributed by atoms with Gasteiger partial charge in [0.1, 0.15) is 0 Å². The summed E-state index contributed by atoms with van der Waals surface area (Å²) in [7, 11) is -4.00. The van der Waals surface area contributed by atoms with Crippen LogP contribution in [0.5, 0.6) is 0 Å². The van der Waals surface area contributed by atoms with Crippen molar-refractivity contribution in [3.05, 3.63) is 46.5 Å². The fourth-order valence-corrected chi connectivity index (χ4v) is 5.52. The molecule has 0 amide bonds. The number of sulfonamides is 1. The van der Waals surface area contributed by atoms with Crippen LogP contribution in [0.1, 0.15) is 31.9 Å². The van der Waals surface area contributed by atoms with Gasteiger partial charge in [0.05, 0.1) is 15.5 Å². The molecular weight excluding hydrogens is 497 g/mol. The van der Waals surface area contributed by atoms with E-state index in [4.69, 9.17) is 16.9 Å². The summed E-state index contributed by atoms with van der Waals surface area (Å²) >= 11 is 7.47. The van der Waals surface area contributed by atoms with Crippen LogP contribution in [0.4, 0.5) is 18.9 Å². The van der Waals surface area contributed by atoms with Crippen molar-refractivity contribution in [2.24, 2.45) is 0 Å². The van der Waals surface area contributed by atoms with Gasteiger partial charge in [-0.15, -0.1) is 11.8 Å². The van der Waals surface area contributed by atoms with Crippen molar-refractivity contribution in [3.8, 4) is 17.3 Å². The number of hydrogen-bond donors (Lipinski definition) is 3. The summed E-state index contributed by atoms with van der Waals surface area (Å²) in [5.74, 6) is 0. The van der Waals surface area contributed by atoms with E-state index in [9.17, 15) is 21.6 Å². The van der Waals surface area contributed by atoms with Crippen molar-refractivity contribution >= 4 is 39.1 Å². The molecule has 1 atom stereocenters. The van der Waals surface area contributed by atoms with Gasteiger partial charge < -0.3 is 5.32 Å². The van der Waals surface area contributed by atoms with Gasteiger partial charge in [-0.1, -0.05) is 23.7 Å². The van der Waals surface area contributed by atoms with Crippen molar-refractivity contribution in [1.29, 1.82) is 5.26 Å². The largest absolute Gasteiger partial charge is 0.417 e. The third-order valence-electron chi connectivity index (χ3n) is 4.33. The molecule has 3 N–H and O–H groups in total. The van der Waals surface area contributed by atoms with Crippen molar-refractivity contribution in [2.45, 2.75) is 49.8 Å². The number of aryl methyl sites for hydroxylation is 1. The standard InChI is InChI=1S/C21H24ClF3N4O2S2/c1-12-6-7-13(8-17(12)33(30,31)29-20(2,3)4)18-15(21(23,24)25)9-14(10-16(18)22)28-19(32-5)27-11-26/h6-10,19,27-29H,1-5H3. The van der Waals surface area contributed by atoms with Crippen LogP contribution in [0.3, 0.4) is 0 Å². The van der Waals surface area contributed by atoms with Gasteiger partial charge in [-0.05, 0) is 63.3 Å². The summed E-state index contributed by atoms with van der Waals surface area (Å²) in [6.45, 7) is 6.55. The van der Waals surface area contributed by atoms with Crippen LogP contribution in [-0.4, -0.2) is 25.7 Å². The highest BCUT2D eigenvalue weighted by molar-refractivity contribution is 7.99. The predicted octanol–water partition coefficient (Wildman–Crippen LogP) is 5.54. The minimum absolute atomic E-state index is 0.00956. The minimum Gasteiger partial charge on any atom is -0.356 e. The summed E-state index contributed by atoms with van der Waals surface area (Å²) in [6.07, 6.45) is -1.38. The first-order valence-corrected chi connectivity index (χ1v) is 12.7. The molecule has 0 saturated carbocycles. The summed E-state index contributed by atoms with van der Waals surface area (Å²) in [5, 5.41) is 13.7. The lowest BCUT2D eigenvalue weighted by molar-refractivity contribution is -0.137. The molecule has 0 spiro atoms. The van der Waals surface area contributed by atoms with E-state index in [1.165, 1.54) is 36.0 Å². The van der Waals surface area contributed by atoms with E-state index in [0.29, 0.717) is 5.56 Å². The van der Waals surface area contributed by atoms with E-state index in [-0.39, 0.29) is 26.7 Å². The van der Waals surface area contributed by atoms with Crippen LogP contribution in [0, 0.1) is 18.4 Å². The van der Waals surface area contributed by atoms with Gasteiger partial charge in [0, 0.05) is 16.8 Å². The smallest absolute Gasteiger partial charge is 0.356 e. The zero-order valence-electron chi connectivity index (χ0n) is 18.6. The Labute approximate surface area is 200 Å². The van der Waals surface area contributed by atoms with Crippen LogP contribution in [0.2, 0.25) is 5.02 Å². The summed E-state index contributed by atoms with van der Waals surface area (Å²) in [5.41, 5.74) is -2.39. The molecule has 0 bridgehead atoms.